The van der Waals surface area contributed by atoms with Gasteiger partial charge in [0.1, 0.15) is 19.3 Å². The summed E-state index contributed by atoms with van der Waals surface area (Å²) in [7, 11) is 0. The van der Waals surface area contributed by atoms with Gasteiger partial charge < -0.3 is 19.6 Å². The zero-order valence-electron chi connectivity index (χ0n) is 18.1. The molecule has 0 aliphatic carbocycles. The van der Waals surface area contributed by atoms with Crippen LogP contribution in [0.15, 0.2) is 48.2 Å². The first-order valence-corrected chi connectivity index (χ1v) is 11.0. The van der Waals surface area contributed by atoms with Gasteiger partial charge in [0.05, 0.1) is 22.8 Å². The summed E-state index contributed by atoms with van der Waals surface area (Å²) in [5.41, 5.74) is 2.71. The Morgan fingerprint density at radius 2 is 1.72 bits per heavy atom. The minimum atomic E-state index is -0.593. The van der Waals surface area contributed by atoms with E-state index in [9.17, 15) is 14.7 Å². The van der Waals surface area contributed by atoms with E-state index >= 15 is 0 Å². The standard InChI is InChI=1S/C23H27N5O4/c1-16-19(13-32-21(16)30)28-11-8-23(22(28)31)6-9-26(10-7-23)12-20(29)17-2-4-18(5-3-17)27-14-24-25-15-27/h2-5,14-15,20,29H,6-13H2,1H3. The summed E-state index contributed by atoms with van der Waals surface area (Å²) >= 11 is 0. The first kappa shape index (κ1) is 20.8. The number of likely N-dealkylation sites (tertiary alicyclic amines) is 2. The molecule has 1 amide bonds. The van der Waals surface area contributed by atoms with Gasteiger partial charge in [-0.25, -0.2) is 4.79 Å². The minimum Gasteiger partial charge on any atom is -0.456 e. The second-order valence-corrected chi connectivity index (χ2v) is 8.91. The average Bonchev–Trinajstić information content (AvgIpc) is 3.53. The quantitative estimate of drug-likeness (QED) is 0.707. The Labute approximate surface area is 186 Å². The molecule has 1 atom stereocenters. The molecule has 1 unspecified atom stereocenters. The average molecular weight is 438 g/mol. The normalized spacial score (nSPS) is 22.1. The van der Waals surface area contributed by atoms with E-state index in [1.165, 1.54) is 0 Å². The summed E-state index contributed by atoms with van der Waals surface area (Å²) in [6.45, 7) is 4.63. The first-order valence-electron chi connectivity index (χ1n) is 11.0. The van der Waals surface area contributed by atoms with Gasteiger partial charge in [-0.05, 0) is 57.0 Å². The summed E-state index contributed by atoms with van der Waals surface area (Å²) in [5, 5.41) is 18.4. The number of carbonyl (C=O) groups is 2. The second-order valence-electron chi connectivity index (χ2n) is 8.91. The van der Waals surface area contributed by atoms with Crippen molar-refractivity contribution in [2.24, 2.45) is 5.41 Å². The molecule has 4 heterocycles. The van der Waals surface area contributed by atoms with Gasteiger partial charge in [-0.3, -0.25) is 9.36 Å². The molecule has 0 saturated carbocycles. The number of aliphatic hydroxyl groups is 1. The lowest BCUT2D eigenvalue weighted by atomic mass is 9.77. The summed E-state index contributed by atoms with van der Waals surface area (Å²) < 4.78 is 6.91. The van der Waals surface area contributed by atoms with Gasteiger partial charge in [-0.2, -0.15) is 0 Å². The van der Waals surface area contributed by atoms with Gasteiger partial charge in [-0.1, -0.05) is 12.1 Å². The highest BCUT2D eigenvalue weighted by Crippen LogP contribution is 2.43. The fourth-order valence-corrected chi connectivity index (χ4v) is 5.01. The number of esters is 1. The van der Waals surface area contributed by atoms with Crippen LogP contribution >= 0.6 is 0 Å². The highest BCUT2D eigenvalue weighted by atomic mass is 16.5. The van der Waals surface area contributed by atoms with Crippen LogP contribution in [-0.4, -0.2) is 74.3 Å². The number of aliphatic hydroxyl groups excluding tert-OH is 1. The predicted octanol–water partition coefficient (Wildman–Crippen LogP) is 1.45. The highest BCUT2D eigenvalue weighted by molar-refractivity contribution is 5.94. The third-order valence-corrected chi connectivity index (χ3v) is 7.16. The lowest BCUT2D eigenvalue weighted by Gasteiger charge is -2.38. The number of piperidine rings is 1. The lowest BCUT2D eigenvalue weighted by Crippen LogP contribution is -2.45. The molecule has 3 aliphatic heterocycles. The Hall–Kier alpha value is -3.04. The Morgan fingerprint density at radius 1 is 1.06 bits per heavy atom. The fourth-order valence-electron chi connectivity index (χ4n) is 5.01. The van der Waals surface area contributed by atoms with Crippen LogP contribution in [0, 0.1) is 5.41 Å². The maximum absolute atomic E-state index is 13.2. The number of hydrogen-bond donors (Lipinski definition) is 1. The van der Waals surface area contributed by atoms with Crippen LogP contribution < -0.4 is 0 Å². The van der Waals surface area contributed by atoms with Gasteiger partial charge in [0.25, 0.3) is 0 Å². The van der Waals surface area contributed by atoms with Gasteiger partial charge >= 0.3 is 5.97 Å². The second kappa shape index (κ2) is 8.14. The molecule has 5 rings (SSSR count). The molecule has 0 bridgehead atoms. The van der Waals surface area contributed by atoms with Crippen LogP contribution in [0.2, 0.25) is 0 Å². The summed E-state index contributed by atoms with van der Waals surface area (Å²) in [5.74, 6) is -0.206. The van der Waals surface area contributed by atoms with Crippen LogP contribution in [-0.2, 0) is 14.3 Å². The first-order chi connectivity index (χ1) is 15.5. The third-order valence-electron chi connectivity index (χ3n) is 7.16. The van der Waals surface area contributed by atoms with Crippen molar-refractivity contribution in [1.29, 1.82) is 0 Å². The number of benzene rings is 1. The van der Waals surface area contributed by atoms with Gasteiger partial charge in [0.15, 0.2) is 0 Å². The smallest absolute Gasteiger partial charge is 0.336 e. The van der Waals surface area contributed by atoms with E-state index in [0.717, 1.165) is 49.3 Å². The molecule has 1 spiro atoms. The van der Waals surface area contributed by atoms with Crippen molar-refractivity contribution in [3.63, 3.8) is 0 Å². The number of rotatable bonds is 5. The number of carbonyl (C=O) groups excluding carboxylic acids is 2. The largest absolute Gasteiger partial charge is 0.456 e. The van der Waals surface area contributed by atoms with E-state index < -0.39 is 6.10 Å². The maximum atomic E-state index is 13.2. The number of aromatic nitrogens is 3. The molecule has 32 heavy (non-hydrogen) atoms. The number of ether oxygens (including phenoxy) is 1. The van der Waals surface area contributed by atoms with Crippen molar-refractivity contribution >= 4 is 11.9 Å². The Balaban J connectivity index is 1.18. The van der Waals surface area contributed by atoms with E-state index in [0.29, 0.717) is 18.7 Å². The lowest BCUT2D eigenvalue weighted by molar-refractivity contribution is -0.138. The zero-order valence-corrected chi connectivity index (χ0v) is 18.1. The van der Waals surface area contributed by atoms with Crippen molar-refractivity contribution in [2.75, 3.05) is 32.8 Å². The molecule has 2 aromatic rings. The van der Waals surface area contributed by atoms with Crippen LogP contribution in [0.1, 0.15) is 37.9 Å². The number of nitrogens with zero attached hydrogens (tertiary/aromatic N) is 5. The van der Waals surface area contributed by atoms with E-state index in [1.54, 1.807) is 24.5 Å². The predicted molar refractivity (Wildman–Crippen MR) is 114 cm³/mol. The van der Waals surface area contributed by atoms with E-state index in [4.69, 9.17) is 4.74 Å². The van der Waals surface area contributed by atoms with Gasteiger partial charge in [-0.15, -0.1) is 10.2 Å². The topological polar surface area (TPSA) is 101 Å². The Kier molecular flexibility index (Phi) is 5.30. The molecule has 9 nitrogen and oxygen atoms in total. The number of cyclic esters (lactones) is 1. The van der Waals surface area contributed by atoms with Gasteiger partial charge in [0.2, 0.25) is 5.91 Å². The molecule has 1 aromatic heterocycles. The Bertz CT molecular complexity index is 1040. The molecule has 9 heteroatoms. The van der Waals surface area contributed by atoms with Crippen molar-refractivity contribution in [1.82, 2.24) is 24.6 Å². The maximum Gasteiger partial charge on any atom is 0.336 e. The summed E-state index contributed by atoms with van der Waals surface area (Å²) in [6.07, 6.45) is 5.01. The monoisotopic (exact) mass is 437 g/mol. The van der Waals surface area contributed by atoms with Crippen LogP contribution in [0.4, 0.5) is 0 Å². The highest BCUT2D eigenvalue weighted by Gasteiger charge is 2.50. The van der Waals surface area contributed by atoms with E-state index in [-0.39, 0.29) is 23.9 Å². The molecule has 1 aromatic carbocycles. The number of amides is 1. The van der Waals surface area contributed by atoms with Crippen LogP contribution in [0.5, 0.6) is 0 Å². The molecule has 2 fully saturated rings. The summed E-state index contributed by atoms with van der Waals surface area (Å²) in [4.78, 5) is 28.9. The molecular formula is C23H27N5O4. The third kappa shape index (κ3) is 3.61. The fraction of sp³-hybridized carbons (Fsp3) is 0.478. The molecule has 3 aliphatic rings. The number of β-amino-alcohol motifs (C(OH)–C–C–N with tert-alkyl or cyclic N) is 1. The van der Waals surface area contributed by atoms with Crippen molar-refractivity contribution in [3.05, 3.63) is 53.8 Å². The Morgan fingerprint density at radius 3 is 2.34 bits per heavy atom. The minimum absolute atomic E-state index is 0.120. The summed E-state index contributed by atoms with van der Waals surface area (Å²) in [6, 6.07) is 7.72. The van der Waals surface area contributed by atoms with Crippen LogP contribution in [0.3, 0.4) is 0 Å². The van der Waals surface area contributed by atoms with Gasteiger partial charge in [0, 0.05) is 18.8 Å². The number of hydrogen-bond acceptors (Lipinski definition) is 7. The zero-order chi connectivity index (χ0) is 22.3. The van der Waals surface area contributed by atoms with E-state index in [2.05, 4.69) is 15.1 Å². The van der Waals surface area contributed by atoms with E-state index in [1.807, 2.05) is 28.8 Å². The molecule has 2 saturated heterocycles. The molecule has 168 valence electrons. The van der Waals surface area contributed by atoms with Crippen LogP contribution in [0.25, 0.3) is 5.69 Å². The SMILES string of the molecule is CC1=C(N2CCC3(CCN(CC(O)c4ccc(-n5cnnc5)cc4)CC3)C2=O)COC1=O. The van der Waals surface area contributed by atoms with Crippen molar-refractivity contribution < 1.29 is 19.4 Å². The molecule has 1 N–H and O–H groups in total. The molecular weight excluding hydrogens is 410 g/mol. The van der Waals surface area contributed by atoms with Crippen molar-refractivity contribution in [3.8, 4) is 5.69 Å². The molecule has 0 radical (unpaired) electrons. The van der Waals surface area contributed by atoms with Crippen molar-refractivity contribution in [2.45, 2.75) is 32.3 Å².